The van der Waals surface area contributed by atoms with Crippen molar-refractivity contribution in [2.75, 3.05) is 6.61 Å². The molecule has 0 unspecified atom stereocenters. The fourth-order valence-corrected chi connectivity index (χ4v) is 4.08. The van der Waals surface area contributed by atoms with Gasteiger partial charge in [-0.1, -0.05) is 58.5 Å². The van der Waals surface area contributed by atoms with E-state index in [1.807, 2.05) is 0 Å². The zero-order valence-electron chi connectivity index (χ0n) is 16.5. The van der Waals surface area contributed by atoms with Crippen molar-refractivity contribution in [1.82, 2.24) is 0 Å². The summed E-state index contributed by atoms with van der Waals surface area (Å²) in [6, 6.07) is 14.5. The van der Waals surface area contributed by atoms with E-state index in [0.717, 1.165) is 5.56 Å². The molecule has 4 aromatic rings. The Hall–Kier alpha value is -2.50. The first-order chi connectivity index (χ1) is 15.3. The maximum absolute atomic E-state index is 13.3. The SMILES string of the molecule is Cc1cc2oc(-c3ccccc3Cl)c(OCC(=O)c3ccc(Cl)cc3Cl)c(=O)c2cc1Cl. The van der Waals surface area contributed by atoms with E-state index in [0.29, 0.717) is 26.2 Å². The van der Waals surface area contributed by atoms with Crippen LogP contribution in [0.4, 0.5) is 0 Å². The summed E-state index contributed by atoms with van der Waals surface area (Å²) in [5, 5.41) is 1.58. The first-order valence-electron chi connectivity index (χ1n) is 9.39. The average Bonchev–Trinajstić information content (AvgIpc) is 2.74. The summed E-state index contributed by atoms with van der Waals surface area (Å²) < 4.78 is 11.7. The molecule has 0 saturated carbocycles. The van der Waals surface area contributed by atoms with Crippen LogP contribution in [-0.4, -0.2) is 12.4 Å². The number of halogens is 4. The summed E-state index contributed by atoms with van der Waals surface area (Å²) in [5.74, 6) is -0.466. The molecule has 1 aromatic heterocycles. The highest BCUT2D eigenvalue weighted by molar-refractivity contribution is 6.37. The Kier molecular flexibility index (Phi) is 6.50. The highest BCUT2D eigenvalue weighted by Gasteiger charge is 2.22. The van der Waals surface area contributed by atoms with Crippen LogP contribution < -0.4 is 10.2 Å². The quantitative estimate of drug-likeness (QED) is 0.260. The van der Waals surface area contributed by atoms with E-state index in [1.54, 1.807) is 43.3 Å². The standard InChI is InChI=1S/C24H14Cl4O4/c1-12-8-21-16(10-18(12)27)22(30)24(23(32-21)15-4-2-3-5-17(15)26)31-11-20(29)14-7-6-13(25)9-19(14)28/h2-10H,11H2,1H3. The van der Waals surface area contributed by atoms with Crippen LogP contribution in [0.2, 0.25) is 20.1 Å². The second-order valence-corrected chi connectivity index (χ2v) is 8.66. The number of fused-ring (bicyclic) bond motifs is 1. The molecule has 0 aliphatic rings. The fourth-order valence-electron chi connectivity index (χ4n) is 3.18. The molecule has 0 N–H and O–H groups in total. The zero-order chi connectivity index (χ0) is 23.0. The summed E-state index contributed by atoms with van der Waals surface area (Å²) >= 11 is 24.6. The van der Waals surface area contributed by atoms with Gasteiger partial charge in [0.15, 0.2) is 12.4 Å². The minimum Gasteiger partial charge on any atom is -0.478 e. The number of hydrogen-bond acceptors (Lipinski definition) is 4. The summed E-state index contributed by atoms with van der Waals surface area (Å²) in [4.78, 5) is 26.0. The lowest BCUT2D eigenvalue weighted by Gasteiger charge is -2.13. The van der Waals surface area contributed by atoms with E-state index < -0.39 is 17.8 Å². The molecule has 3 aromatic carbocycles. The Morgan fingerprint density at radius 1 is 0.938 bits per heavy atom. The van der Waals surface area contributed by atoms with Gasteiger partial charge in [0.05, 0.1) is 15.4 Å². The summed E-state index contributed by atoms with van der Waals surface area (Å²) in [6.45, 7) is 1.35. The highest BCUT2D eigenvalue weighted by atomic mass is 35.5. The van der Waals surface area contributed by atoms with Crippen molar-refractivity contribution < 1.29 is 13.9 Å². The second-order valence-electron chi connectivity index (χ2n) is 7.00. The van der Waals surface area contributed by atoms with E-state index in [4.69, 9.17) is 55.6 Å². The molecule has 4 nitrogen and oxygen atoms in total. The predicted octanol–water partition coefficient (Wildman–Crippen LogP) is 7.64. The number of ketones is 1. The average molecular weight is 508 g/mol. The molecule has 0 amide bonds. The van der Waals surface area contributed by atoms with Gasteiger partial charge in [-0.2, -0.15) is 0 Å². The van der Waals surface area contributed by atoms with Crippen molar-refractivity contribution in [3.05, 3.63) is 96.0 Å². The van der Waals surface area contributed by atoms with Crippen molar-refractivity contribution in [2.24, 2.45) is 0 Å². The van der Waals surface area contributed by atoms with E-state index in [9.17, 15) is 9.59 Å². The molecule has 0 atom stereocenters. The third-order valence-corrected chi connectivity index (χ3v) is 6.11. The predicted molar refractivity (Wildman–Crippen MR) is 129 cm³/mol. The molecule has 0 bridgehead atoms. The van der Waals surface area contributed by atoms with Crippen LogP contribution >= 0.6 is 46.4 Å². The number of rotatable bonds is 5. The maximum atomic E-state index is 13.3. The molecule has 4 rings (SSSR count). The van der Waals surface area contributed by atoms with Crippen molar-refractivity contribution >= 4 is 63.2 Å². The van der Waals surface area contributed by atoms with Gasteiger partial charge in [0, 0.05) is 21.2 Å². The molecule has 0 spiro atoms. The lowest BCUT2D eigenvalue weighted by atomic mass is 10.1. The van der Waals surface area contributed by atoms with Crippen LogP contribution in [0, 0.1) is 6.92 Å². The molecule has 0 aliphatic carbocycles. The molecule has 0 fully saturated rings. The highest BCUT2D eigenvalue weighted by Crippen LogP contribution is 2.36. The van der Waals surface area contributed by atoms with Crippen LogP contribution in [0.5, 0.6) is 5.75 Å². The van der Waals surface area contributed by atoms with Gasteiger partial charge in [0.1, 0.15) is 5.58 Å². The molecular formula is C24H14Cl4O4. The Bertz CT molecular complexity index is 1430. The van der Waals surface area contributed by atoms with Crippen molar-refractivity contribution in [1.29, 1.82) is 0 Å². The Balaban J connectivity index is 1.83. The number of carbonyl (C=O) groups is 1. The second kappa shape index (κ2) is 9.16. The normalized spacial score (nSPS) is 11.0. The van der Waals surface area contributed by atoms with Crippen LogP contribution in [0.15, 0.2) is 63.8 Å². The smallest absolute Gasteiger partial charge is 0.235 e. The third kappa shape index (κ3) is 4.37. The van der Waals surface area contributed by atoms with E-state index in [-0.39, 0.29) is 27.5 Å². The number of benzene rings is 3. The first-order valence-corrected chi connectivity index (χ1v) is 10.9. The van der Waals surface area contributed by atoms with Gasteiger partial charge in [-0.05, 0) is 55.0 Å². The maximum Gasteiger partial charge on any atom is 0.235 e. The molecule has 0 aliphatic heterocycles. The van der Waals surface area contributed by atoms with Gasteiger partial charge >= 0.3 is 0 Å². The number of carbonyl (C=O) groups excluding carboxylic acids is 1. The lowest BCUT2D eigenvalue weighted by Crippen LogP contribution is -2.17. The Morgan fingerprint density at radius 2 is 1.69 bits per heavy atom. The first kappa shape index (κ1) is 22.7. The molecule has 1 heterocycles. The van der Waals surface area contributed by atoms with Crippen molar-refractivity contribution in [3.63, 3.8) is 0 Å². The molecule has 0 saturated heterocycles. The van der Waals surface area contributed by atoms with Crippen molar-refractivity contribution in [2.45, 2.75) is 6.92 Å². The number of aryl methyl sites for hydroxylation is 1. The van der Waals surface area contributed by atoms with Crippen LogP contribution in [0.3, 0.4) is 0 Å². The minimum atomic E-state index is -0.474. The minimum absolute atomic E-state index is 0.116. The van der Waals surface area contributed by atoms with Gasteiger partial charge in [0.25, 0.3) is 0 Å². The molecular weight excluding hydrogens is 494 g/mol. The monoisotopic (exact) mass is 506 g/mol. The fraction of sp³-hybridized carbons (Fsp3) is 0.0833. The van der Waals surface area contributed by atoms with Gasteiger partial charge in [0.2, 0.25) is 17.0 Å². The number of ether oxygens (including phenoxy) is 1. The Morgan fingerprint density at radius 3 is 2.41 bits per heavy atom. The molecule has 0 radical (unpaired) electrons. The van der Waals surface area contributed by atoms with Gasteiger partial charge in [-0.15, -0.1) is 0 Å². The summed E-state index contributed by atoms with van der Waals surface area (Å²) in [6.07, 6.45) is 0. The van der Waals surface area contributed by atoms with Gasteiger partial charge in [-0.3, -0.25) is 9.59 Å². The lowest BCUT2D eigenvalue weighted by molar-refractivity contribution is 0.0920. The van der Waals surface area contributed by atoms with Crippen molar-refractivity contribution in [3.8, 4) is 17.1 Å². The number of hydrogen-bond donors (Lipinski definition) is 0. The zero-order valence-corrected chi connectivity index (χ0v) is 19.6. The van der Waals surface area contributed by atoms with Gasteiger partial charge in [-0.25, -0.2) is 0 Å². The largest absolute Gasteiger partial charge is 0.478 e. The topological polar surface area (TPSA) is 56.5 Å². The molecule has 162 valence electrons. The van der Waals surface area contributed by atoms with Gasteiger partial charge < -0.3 is 9.15 Å². The summed E-state index contributed by atoms with van der Waals surface area (Å²) in [7, 11) is 0. The third-order valence-electron chi connectivity index (χ3n) is 4.83. The van der Waals surface area contributed by atoms with E-state index in [1.165, 1.54) is 18.2 Å². The van der Waals surface area contributed by atoms with E-state index in [2.05, 4.69) is 0 Å². The van der Waals surface area contributed by atoms with Crippen LogP contribution in [-0.2, 0) is 0 Å². The number of Topliss-reactive ketones (excluding diaryl/α,β-unsaturated/α-hetero) is 1. The molecule has 32 heavy (non-hydrogen) atoms. The van der Waals surface area contributed by atoms with Crippen LogP contribution in [0.1, 0.15) is 15.9 Å². The molecule has 8 heteroatoms. The van der Waals surface area contributed by atoms with E-state index >= 15 is 0 Å². The Labute approximate surface area is 203 Å². The van der Waals surface area contributed by atoms with Crippen LogP contribution in [0.25, 0.3) is 22.3 Å². The summed E-state index contributed by atoms with van der Waals surface area (Å²) in [5.41, 5.74) is 1.27.